The largest absolute Gasteiger partial charge is 0.506 e. The summed E-state index contributed by atoms with van der Waals surface area (Å²) in [5, 5.41) is 14.2. The number of hydrogen-bond donors (Lipinski definition) is 2. The first-order chi connectivity index (χ1) is 16.2. The molecule has 2 aromatic carbocycles. The lowest BCUT2D eigenvalue weighted by atomic mass is 9.97. The summed E-state index contributed by atoms with van der Waals surface area (Å²) in [7, 11) is 0. The molecular weight excluding hydrogens is 422 g/mol. The van der Waals surface area contributed by atoms with Crippen molar-refractivity contribution in [3.05, 3.63) is 109 Å². The fraction of sp³-hybridized carbons (Fsp3) is 0.267. The molecular formula is C30H35NOS. The van der Waals surface area contributed by atoms with E-state index in [1.807, 2.05) is 60.8 Å². The van der Waals surface area contributed by atoms with Crippen LogP contribution in [0.2, 0.25) is 0 Å². The molecule has 0 heterocycles. The molecule has 172 valence electrons. The summed E-state index contributed by atoms with van der Waals surface area (Å²) in [4.78, 5) is 0.933. The number of nitrogens with one attached hydrogen (secondary N) is 1. The number of aromatic hydroxyl groups is 1. The van der Waals surface area contributed by atoms with Gasteiger partial charge in [0.15, 0.2) is 0 Å². The van der Waals surface area contributed by atoms with E-state index in [2.05, 4.69) is 49.2 Å². The Kier molecular flexibility index (Phi) is 10.2. The van der Waals surface area contributed by atoms with Crippen molar-refractivity contribution in [3.63, 3.8) is 0 Å². The highest BCUT2D eigenvalue weighted by atomic mass is 32.2. The maximum atomic E-state index is 10.7. The molecule has 0 bridgehead atoms. The average molecular weight is 458 g/mol. The van der Waals surface area contributed by atoms with Gasteiger partial charge in [-0.2, -0.15) is 0 Å². The van der Waals surface area contributed by atoms with Gasteiger partial charge < -0.3 is 10.4 Å². The average Bonchev–Trinajstić information content (AvgIpc) is 2.87. The van der Waals surface area contributed by atoms with Crippen LogP contribution in [0.25, 0.3) is 11.1 Å². The standard InChI is InChI=1S/C30H35NOS/c1-3-24(25-14-7-5-8-15-25)18-12-22-31-27(4-2)19-13-23-33-29-21-11-20-28(30(29)32)26-16-9-6-10-17-26/h4,6-7,9-12,14-18,20-22,27,31-32H,2-3,5,8,13,19,23H2,1H3/b22-12+,24-18+. The van der Waals surface area contributed by atoms with E-state index in [9.17, 15) is 5.11 Å². The summed E-state index contributed by atoms with van der Waals surface area (Å²) >= 11 is 1.71. The molecule has 0 spiro atoms. The fourth-order valence-electron chi connectivity index (χ4n) is 3.86. The van der Waals surface area contributed by atoms with Crippen molar-refractivity contribution >= 4 is 11.8 Å². The molecule has 0 saturated carbocycles. The molecule has 1 atom stereocenters. The van der Waals surface area contributed by atoms with E-state index in [0.717, 1.165) is 53.9 Å². The predicted octanol–water partition coefficient (Wildman–Crippen LogP) is 8.20. The molecule has 1 unspecified atom stereocenters. The Morgan fingerprint density at radius 2 is 2.00 bits per heavy atom. The van der Waals surface area contributed by atoms with E-state index in [0.29, 0.717) is 5.75 Å². The third-order valence-corrected chi connectivity index (χ3v) is 6.87. The summed E-state index contributed by atoms with van der Waals surface area (Å²) in [6.07, 6.45) is 20.5. The first-order valence-corrected chi connectivity index (χ1v) is 12.8. The Hall–Kier alpha value is -2.91. The summed E-state index contributed by atoms with van der Waals surface area (Å²) in [5.41, 5.74) is 4.64. The number of para-hydroxylation sites is 1. The van der Waals surface area contributed by atoms with Gasteiger partial charge in [-0.3, -0.25) is 0 Å². The number of phenolic OH excluding ortho intramolecular Hbond substituents is 1. The van der Waals surface area contributed by atoms with Crippen molar-refractivity contribution in [3.8, 4) is 16.9 Å². The number of allylic oxidation sites excluding steroid dienone is 7. The molecule has 0 saturated heterocycles. The molecule has 33 heavy (non-hydrogen) atoms. The second-order valence-electron chi connectivity index (χ2n) is 8.06. The lowest BCUT2D eigenvalue weighted by molar-refractivity contribution is 0.464. The third-order valence-electron chi connectivity index (χ3n) is 5.74. The van der Waals surface area contributed by atoms with E-state index < -0.39 is 0 Å². The SMILES string of the molecule is C=CC(CCCSc1cccc(-c2ccccc2)c1O)N/C=C/C=C(\CC)C1=CCCC=C1. The highest BCUT2D eigenvalue weighted by molar-refractivity contribution is 7.99. The van der Waals surface area contributed by atoms with Crippen LogP contribution < -0.4 is 5.32 Å². The second-order valence-corrected chi connectivity index (χ2v) is 9.20. The quantitative estimate of drug-likeness (QED) is 0.146. The fourth-order valence-corrected chi connectivity index (χ4v) is 4.81. The lowest BCUT2D eigenvalue weighted by Crippen LogP contribution is -2.21. The summed E-state index contributed by atoms with van der Waals surface area (Å²) in [6, 6.07) is 16.2. The molecule has 0 radical (unpaired) electrons. The van der Waals surface area contributed by atoms with Gasteiger partial charge >= 0.3 is 0 Å². The minimum absolute atomic E-state index is 0.235. The first-order valence-electron chi connectivity index (χ1n) is 11.8. The molecule has 2 N–H and O–H groups in total. The monoisotopic (exact) mass is 457 g/mol. The molecule has 0 aliphatic heterocycles. The van der Waals surface area contributed by atoms with Crippen molar-refractivity contribution in [2.24, 2.45) is 0 Å². The molecule has 3 rings (SSSR count). The van der Waals surface area contributed by atoms with Crippen LogP contribution in [-0.4, -0.2) is 16.9 Å². The Labute approximate surface area is 203 Å². The van der Waals surface area contributed by atoms with Crippen LogP contribution in [0, 0.1) is 0 Å². The van der Waals surface area contributed by atoms with Gasteiger partial charge in [0.25, 0.3) is 0 Å². The van der Waals surface area contributed by atoms with Crippen LogP contribution in [-0.2, 0) is 0 Å². The van der Waals surface area contributed by atoms with Crippen LogP contribution in [0.15, 0.2) is 114 Å². The van der Waals surface area contributed by atoms with Gasteiger partial charge in [0, 0.05) is 16.5 Å². The normalized spacial score (nSPS) is 14.8. The Morgan fingerprint density at radius 1 is 1.15 bits per heavy atom. The highest BCUT2D eigenvalue weighted by Crippen LogP contribution is 2.37. The zero-order valence-corrected chi connectivity index (χ0v) is 20.4. The van der Waals surface area contributed by atoms with E-state index >= 15 is 0 Å². The summed E-state index contributed by atoms with van der Waals surface area (Å²) in [6.45, 7) is 6.19. The van der Waals surface area contributed by atoms with Gasteiger partial charge in [-0.05, 0) is 72.9 Å². The molecule has 2 aromatic rings. The topological polar surface area (TPSA) is 32.3 Å². The number of benzene rings is 2. The van der Waals surface area contributed by atoms with Crippen LogP contribution in [0.3, 0.4) is 0 Å². The van der Waals surface area contributed by atoms with Gasteiger partial charge in [-0.1, -0.05) is 79.8 Å². The zero-order chi connectivity index (χ0) is 23.3. The van der Waals surface area contributed by atoms with E-state index in [-0.39, 0.29) is 6.04 Å². The van der Waals surface area contributed by atoms with Crippen LogP contribution in [0.1, 0.15) is 39.0 Å². The maximum absolute atomic E-state index is 10.7. The predicted molar refractivity (Wildman–Crippen MR) is 145 cm³/mol. The minimum Gasteiger partial charge on any atom is -0.506 e. The van der Waals surface area contributed by atoms with Crippen molar-refractivity contribution < 1.29 is 5.11 Å². The highest BCUT2D eigenvalue weighted by Gasteiger charge is 2.09. The van der Waals surface area contributed by atoms with Crippen LogP contribution in [0.4, 0.5) is 0 Å². The van der Waals surface area contributed by atoms with Crippen molar-refractivity contribution in [2.75, 3.05) is 5.75 Å². The van der Waals surface area contributed by atoms with Gasteiger partial charge in [0.2, 0.25) is 0 Å². The van der Waals surface area contributed by atoms with Crippen molar-refractivity contribution in [2.45, 2.75) is 50.0 Å². The summed E-state index contributed by atoms with van der Waals surface area (Å²) < 4.78 is 0. The first kappa shape index (κ1) is 24.7. The molecule has 1 aliphatic rings. The molecule has 3 heteroatoms. The Balaban J connectivity index is 1.46. The third kappa shape index (κ3) is 7.57. The second kappa shape index (κ2) is 13.6. The summed E-state index contributed by atoms with van der Waals surface area (Å²) in [5.74, 6) is 1.32. The van der Waals surface area contributed by atoms with Gasteiger partial charge in [-0.15, -0.1) is 18.3 Å². The number of rotatable bonds is 12. The van der Waals surface area contributed by atoms with E-state index in [1.54, 1.807) is 11.8 Å². The van der Waals surface area contributed by atoms with Gasteiger partial charge in [0.05, 0.1) is 0 Å². The van der Waals surface area contributed by atoms with Gasteiger partial charge in [-0.25, -0.2) is 0 Å². The molecule has 0 aromatic heterocycles. The number of phenols is 1. The number of hydrogen-bond acceptors (Lipinski definition) is 3. The minimum atomic E-state index is 0.235. The Morgan fingerprint density at radius 3 is 2.73 bits per heavy atom. The smallest absolute Gasteiger partial charge is 0.136 e. The molecule has 0 amide bonds. The van der Waals surface area contributed by atoms with Gasteiger partial charge in [0.1, 0.15) is 5.75 Å². The molecule has 2 nitrogen and oxygen atoms in total. The maximum Gasteiger partial charge on any atom is 0.136 e. The van der Waals surface area contributed by atoms with Crippen LogP contribution >= 0.6 is 11.8 Å². The lowest BCUT2D eigenvalue weighted by Gasteiger charge is -2.13. The zero-order valence-electron chi connectivity index (χ0n) is 19.5. The van der Waals surface area contributed by atoms with E-state index in [4.69, 9.17) is 0 Å². The number of thioether (sulfide) groups is 1. The molecule has 1 aliphatic carbocycles. The Bertz CT molecular complexity index is 1020. The van der Waals surface area contributed by atoms with Crippen molar-refractivity contribution in [1.29, 1.82) is 0 Å². The van der Waals surface area contributed by atoms with Crippen molar-refractivity contribution in [1.82, 2.24) is 5.32 Å². The van der Waals surface area contributed by atoms with E-state index in [1.165, 1.54) is 11.1 Å². The molecule has 0 fully saturated rings. The van der Waals surface area contributed by atoms with Crippen LogP contribution in [0.5, 0.6) is 5.75 Å².